The van der Waals surface area contributed by atoms with E-state index in [1.165, 1.54) is 25.0 Å². The van der Waals surface area contributed by atoms with Crippen LogP contribution in [0.5, 0.6) is 5.75 Å². The normalized spacial score (nSPS) is 23.8. The van der Waals surface area contributed by atoms with E-state index in [0.717, 1.165) is 25.7 Å². The standard InChI is InChI=1S/C28H36ClFN4O3/c1-2-34-25(28(29,18-33-34)21-10-6-3-4-7-11-21)19-14-20(16-22(30)15-19)26(35)32-17-24(31)27(36)37-23-12-8-5-9-13-23/h5,8-9,12-16,21,24-25,33H,2-4,6-7,10-11,17-18,31H2,1H3,(H,32,35)/t24-,25?,28?/m1/s1. The van der Waals surface area contributed by atoms with Crippen LogP contribution < -0.4 is 21.2 Å². The number of nitrogens with one attached hydrogen (secondary N) is 2. The van der Waals surface area contributed by atoms with Crippen LogP contribution in [0.1, 0.15) is 67.4 Å². The number of halogens is 2. The third kappa shape index (κ3) is 6.49. The highest BCUT2D eigenvalue weighted by Crippen LogP contribution is 2.49. The van der Waals surface area contributed by atoms with Crippen molar-refractivity contribution in [1.82, 2.24) is 15.8 Å². The van der Waals surface area contributed by atoms with Crippen molar-refractivity contribution in [2.45, 2.75) is 62.4 Å². The number of carbonyl (C=O) groups is 2. The molecule has 0 radical (unpaired) electrons. The fourth-order valence-corrected chi connectivity index (χ4v) is 6.04. The van der Waals surface area contributed by atoms with Crippen molar-refractivity contribution < 1.29 is 18.7 Å². The molecule has 2 fully saturated rings. The van der Waals surface area contributed by atoms with Crippen LogP contribution in [0.2, 0.25) is 0 Å². The summed E-state index contributed by atoms with van der Waals surface area (Å²) in [6.45, 7) is 3.15. The van der Waals surface area contributed by atoms with Crippen LogP contribution in [0.3, 0.4) is 0 Å². The number of amides is 1. The molecule has 1 saturated heterocycles. The molecular formula is C28H36ClFN4O3. The van der Waals surface area contributed by atoms with Crippen LogP contribution >= 0.6 is 11.6 Å². The molecule has 2 aromatic rings. The molecule has 1 heterocycles. The molecule has 0 aromatic heterocycles. The predicted molar refractivity (Wildman–Crippen MR) is 142 cm³/mol. The summed E-state index contributed by atoms with van der Waals surface area (Å²) in [5.74, 6) is -1.05. The van der Waals surface area contributed by atoms with E-state index in [2.05, 4.69) is 10.7 Å². The Labute approximate surface area is 222 Å². The minimum atomic E-state index is -1.07. The molecule has 1 saturated carbocycles. The summed E-state index contributed by atoms with van der Waals surface area (Å²) >= 11 is 7.39. The van der Waals surface area contributed by atoms with Gasteiger partial charge in [-0.25, -0.2) is 14.2 Å². The molecule has 7 nitrogen and oxygen atoms in total. The Bertz CT molecular complexity index is 1080. The van der Waals surface area contributed by atoms with Gasteiger partial charge in [0.2, 0.25) is 0 Å². The highest BCUT2D eigenvalue weighted by Gasteiger charge is 2.51. The molecule has 4 N–H and O–H groups in total. The maximum Gasteiger partial charge on any atom is 0.330 e. The lowest BCUT2D eigenvalue weighted by molar-refractivity contribution is -0.135. The number of ether oxygens (including phenoxy) is 1. The highest BCUT2D eigenvalue weighted by molar-refractivity contribution is 6.25. The van der Waals surface area contributed by atoms with Crippen molar-refractivity contribution in [3.05, 3.63) is 65.5 Å². The second-order valence-electron chi connectivity index (χ2n) is 9.96. The van der Waals surface area contributed by atoms with Crippen molar-refractivity contribution in [1.29, 1.82) is 0 Å². The lowest BCUT2D eigenvalue weighted by Gasteiger charge is -2.38. The fourth-order valence-electron chi connectivity index (χ4n) is 5.52. The third-order valence-corrected chi connectivity index (χ3v) is 8.09. The average molecular weight is 531 g/mol. The van der Waals surface area contributed by atoms with Gasteiger partial charge in [0.1, 0.15) is 17.6 Å². The summed E-state index contributed by atoms with van der Waals surface area (Å²) in [6.07, 6.45) is 6.79. The molecule has 1 aliphatic carbocycles. The second-order valence-corrected chi connectivity index (χ2v) is 10.7. The molecule has 4 rings (SSSR count). The Morgan fingerprint density at radius 1 is 1.19 bits per heavy atom. The first kappa shape index (κ1) is 27.5. The molecule has 37 heavy (non-hydrogen) atoms. The smallest absolute Gasteiger partial charge is 0.330 e. The van der Waals surface area contributed by atoms with E-state index in [4.69, 9.17) is 22.1 Å². The molecule has 2 unspecified atom stereocenters. The van der Waals surface area contributed by atoms with Crippen molar-refractivity contribution in [3.63, 3.8) is 0 Å². The number of hydrazine groups is 1. The van der Waals surface area contributed by atoms with E-state index in [1.807, 2.05) is 11.9 Å². The fraction of sp³-hybridized carbons (Fsp3) is 0.500. The Hall–Kier alpha value is -2.52. The maximum atomic E-state index is 14.8. The topological polar surface area (TPSA) is 96.7 Å². The summed E-state index contributed by atoms with van der Waals surface area (Å²) in [5.41, 5.74) is 10.1. The van der Waals surface area contributed by atoms with E-state index in [9.17, 15) is 14.0 Å². The highest BCUT2D eigenvalue weighted by atomic mass is 35.5. The van der Waals surface area contributed by atoms with Crippen molar-refractivity contribution >= 4 is 23.5 Å². The number of hydrogen-bond donors (Lipinski definition) is 3. The molecule has 2 aromatic carbocycles. The number of nitrogens with zero attached hydrogens (tertiary/aromatic N) is 1. The number of nitrogens with two attached hydrogens (primary N) is 1. The van der Waals surface area contributed by atoms with Gasteiger partial charge in [-0.3, -0.25) is 10.2 Å². The van der Waals surface area contributed by atoms with E-state index in [0.29, 0.717) is 30.3 Å². The molecule has 1 aliphatic heterocycles. The maximum absolute atomic E-state index is 14.8. The minimum absolute atomic E-state index is 0.149. The van der Waals surface area contributed by atoms with Crippen molar-refractivity contribution in [2.24, 2.45) is 11.7 Å². The van der Waals surface area contributed by atoms with Crippen molar-refractivity contribution in [2.75, 3.05) is 19.6 Å². The average Bonchev–Trinajstić information content (AvgIpc) is 3.05. The Kier molecular flexibility index (Phi) is 9.18. The summed E-state index contributed by atoms with van der Waals surface area (Å²) in [4.78, 5) is 24.6. The summed E-state index contributed by atoms with van der Waals surface area (Å²) in [7, 11) is 0. The van der Waals surface area contributed by atoms with Crippen LogP contribution in [-0.4, -0.2) is 47.4 Å². The Morgan fingerprint density at radius 3 is 2.57 bits per heavy atom. The van der Waals surface area contributed by atoms with Gasteiger partial charge in [0.25, 0.3) is 5.91 Å². The van der Waals surface area contributed by atoms with Gasteiger partial charge in [0.05, 0.1) is 10.9 Å². The minimum Gasteiger partial charge on any atom is -0.425 e. The first-order valence-electron chi connectivity index (χ1n) is 13.1. The zero-order chi connectivity index (χ0) is 26.4. The van der Waals surface area contributed by atoms with Crippen LogP contribution in [-0.2, 0) is 4.79 Å². The van der Waals surface area contributed by atoms with E-state index >= 15 is 0 Å². The number of carbonyl (C=O) groups excluding carboxylic acids is 2. The van der Waals surface area contributed by atoms with Gasteiger partial charge in [-0.1, -0.05) is 50.8 Å². The summed E-state index contributed by atoms with van der Waals surface area (Å²) < 4.78 is 20.1. The predicted octanol–water partition coefficient (Wildman–Crippen LogP) is 4.32. The van der Waals surface area contributed by atoms with Crippen LogP contribution in [0.25, 0.3) is 0 Å². The second kappa shape index (κ2) is 12.3. The number of hydrogen-bond acceptors (Lipinski definition) is 6. The van der Waals surface area contributed by atoms with E-state index in [-0.39, 0.29) is 18.2 Å². The van der Waals surface area contributed by atoms with Crippen molar-refractivity contribution in [3.8, 4) is 5.75 Å². The van der Waals surface area contributed by atoms with Gasteiger partial charge in [-0.05, 0) is 54.7 Å². The Balaban J connectivity index is 1.48. The Morgan fingerprint density at radius 2 is 1.89 bits per heavy atom. The van der Waals surface area contributed by atoms with Gasteiger partial charge in [-0.2, -0.15) is 0 Å². The van der Waals surface area contributed by atoms with E-state index in [1.54, 1.807) is 36.4 Å². The number of esters is 1. The first-order valence-corrected chi connectivity index (χ1v) is 13.5. The molecule has 0 bridgehead atoms. The van der Waals surface area contributed by atoms with Gasteiger partial charge in [-0.15, -0.1) is 11.6 Å². The van der Waals surface area contributed by atoms with Crippen LogP contribution in [0.15, 0.2) is 48.5 Å². The lowest BCUT2D eigenvalue weighted by Crippen LogP contribution is -2.44. The summed E-state index contributed by atoms with van der Waals surface area (Å²) in [5, 5.41) is 4.68. The molecule has 200 valence electrons. The van der Waals surface area contributed by atoms with E-state index < -0.39 is 28.6 Å². The molecule has 2 aliphatic rings. The lowest BCUT2D eigenvalue weighted by atomic mass is 9.78. The molecule has 3 atom stereocenters. The van der Waals surface area contributed by atoms with Gasteiger partial charge in [0.15, 0.2) is 0 Å². The van der Waals surface area contributed by atoms with Crippen LogP contribution in [0, 0.1) is 11.7 Å². The van der Waals surface area contributed by atoms with Gasteiger partial charge in [0, 0.05) is 25.2 Å². The number of benzene rings is 2. The van der Waals surface area contributed by atoms with Crippen LogP contribution in [0.4, 0.5) is 4.39 Å². The first-order chi connectivity index (χ1) is 17.8. The van der Waals surface area contributed by atoms with Gasteiger partial charge >= 0.3 is 5.97 Å². The largest absolute Gasteiger partial charge is 0.425 e. The number of alkyl halides is 1. The number of rotatable bonds is 8. The zero-order valence-corrected chi connectivity index (χ0v) is 22.0. The molecule has 9 heteroatoms. The quantitative estimate of drug-likeness (QED) is 0.204. The third-order valence-electron chi connectivity index (χ3n) is 7.44. The number of para-hydroxylation sites is 1. The van der Waals surface area contributed by atoms with Gasteiger partial charge < -0.3 is 15.8 Å². The monoisotopic (exact) mass is 530 g/mol. The summed E-state index contributed by atoms with van der Waals surface area (Å²) in [6, 6.07) is 11.6. The molecule has 1 amide bonds. The SMILES string of the molecule is CCN1NCC(Cl)(C2CCCCCC2)C1c1cc(F)cc(C(=O)NC[C@@H](N)C(=O)Oc2ccccc2)c1. The zero-order valence-electron chi connectivity index (χ0n) is 21.2. The molecular weight excluding hydrogens is 495 g/mol. The molecule has 0 spiro atoms.